The van der Waals surface area contributed by atoms with Crippen LogP contribution in [0.2, 0.25) is 0 Å². The predicted molar refractivity (Wildman–Crippen MR) is 151 cm³/mol. The molecule has 0 spiro atoms. The number of nitriles is 1. The Kier molecular flexibility index (Phi) is 7.11. The third kappa shape index (κ3) is 5.66. The molecule has 0 atom stereocenters. The van der Waals surface area contributed by atoms with Crippen LogP contribution in [0.3, 0.4) is 0 Å². The summed E-state index contributed by atoms with van der Waals surface area (Å²) in [5.74, 6) is 6.00. The van der Waals surface area contributed by atoms with Crippen molar-refractivity contribution in [2.24, 2.45) is 0 Å². The summed E-state index contributed by atoms with van der Waals surface area (Å²) in [5.41, 5.74) is 3.53. The number of terminal acetylenes is 1. The SMILES string of the molecule is C#Cc1cccc(Nc2nc(Nc3ccc(Oc4ccc(C#N)cc4)cc3)nc3cc(OC)c(OC)cc23)c1. The van der Waals surface area contributed by atoms with Gasteiger partial charge in [-0.2, -0.15) is 10.2 Å². The van der Waals surface area contributed by atoms with Crippen LogP contribution in [0.4, 0.5) is 23.1 Å². The molecule has 1 aromatic heterocycles. The molecule has 4 aromatic carbocycles. The zero-order valence-corrected chi connectivity index (χ0v) is 21.2. The zero-order chi connectivity index (χ0) is 27.2. The van der Waals surface area contributed by atoms with E-state index in [9.17, 15) is 0 Å². The van der Waals surface area contributed by atoms with Gasteiger partial charge in [0.15, 0.2) is 11.5 Å². The van der Waals surface area contributed by atoms with Gasteiger partial charge in [0.25, 0.3) is 0 Å². The van der Waals surface area contributed by atoms with E-state index in [1.54, 1.807) is 44.6 Å². The van der Waals surface area contributed by atoms with Gasteiger partial charge in [0, 0.05) is 28.4 Å². The highest BCUT2D eigenvalue weighted by molar-refractivity contribution is 5.94. The van der Waals surface area contributed by atoms with Crippen LogP contribution in [-0.2, 0) is 0 Å². The summed E-state index contributed by atoms with van der Waals surface area (Å²) in [4.78, 5) is 9.45. The maximum absolute atomic E-state index is 8.96. The molecule has 5 aromatic rings. The first kappa shape index (κ1) is 24.9. The van der Waals surface area contributed by atoms with Crippen LogP contribution in [0.15, 0.2) is 84.9 Å². The Balaban J connectivity index is 1.45. The lowest BCUT2D eigenvalue weighted by atomic mass is 10.2. The number of hydrogen-bond donors (Lipinski definition) is 2. The quantitative estimate of drug-likeness (QED) is 0.219. The summed E-state index contributed by atoms with van der Waals surface area (Å²) < 4.78 is 16.9. The Morgan fingerprint density at radius 2 is 1.44 bits per heavy atom. The lowest BCUT2D eigenvalue weighted by Crippen LogP contribution is -2.03. The molecular weight excluding hydrogens is 490 g/mol. The largest absolute Gasteiger partial charge is 0.493 e. The normalized spacial score (nSPS) is 10.3. The molecule has 0 radical (unpaired) electrons. The number of methoxy groups -OCH3 is 2. The maximum Gasteiger partial charge on any atom is 0.229 e. The molecule has 8 heteroatoms. The zero-order valence-electron chi connectivity index (χ0n) is 21.2. The van der Waals surface area contributed by atoms with Crippen molar-refractivity contribution in [2.45, 2.75) is 0 Å². The number of hydrogen-bond acceptors (Lipinski definition) is 8. The van der Waals surface area contributed by atoms with Gasteiger partial charge in [-0.1, -0.05) is 12.0 Å². The summed E-state index contributed by atoms with van der Waals surface area (Å²) in [6, 6.07) is 27.6. The van der Waals surface area contributed by atoms with Gasteiger partial charge < -0.3 is 24.8 Å². The molecule has 1 heterocycles. The lowest BCUT2D eigenvalue weighted by Gasteiger charge is -2.15. The molecule has 0 unspecified atom stereocenters. The summed E-state index contributed by atoms with van der Waals surface area (Å²) in [6.45, 7) is 0. The van der Waals surface area contributed by atoms with E-state index in [0.29, 0.717) is 45.8 Å². The molecule has 39 heavy (non-hydrogen) atoms. The molecular formula is C31H23N5O3. The van der Waals surface area contributed by atoms with E-state index in [0.717, 1.165) is 22.3 Å². The molecule has 8 nitrogen and oxygen atoms in total. The fraction of sp³-hybridized carbons (Fsp3) is 0.0645. The maximum atomic E-state index is 8.96. The van der Waals surface area contributed by atoms with Crippen LogP contribution < -0.4 is 24.8 Å². The highest BCUT2D eigenvalue weighted by atomic mass is 16.5. The van der Waals surface area contributed by atoms with Gasteiger partial charge >= 0.3 is 0 Å². The van der Waals surface area contributed by atoms with Gasteiger partial charge in [-0.25, -0.2) is 4.98 Å². The summed E-state index contributed by atoms with van der Waals surface area (Å²) in [7, 11) is 3.16. The van der Waals surface area contributed by atoms with Crippen molar-refractivity contribution < 1.29 is 14.2 Å². The minimum atomic E-state index is 0.381. The van der Waals surface area contributed by atoms with Crippen molar-refractivity contribution in [2.75, 3.05) is 24.9 Å². The van der Waals surface area contributed by atoms with Crippen LogP contribution in [0.5, 0.6) is 23.0 Å². The molecule has 0 aliphatic rings. The van der Waals surface area contributed by atoms with Crippen molar-refractivity contribution in [1.82, 2.24) is 9.97 Å². The second-order valence-electron chi connectivity index (χ2n) is 8.36. The van der Waals surface area contributed by atoms with E-state index >= 15 is 0 Å². The number of nitrogens with zero attached hydrogens (tertiary/aromatic N) is 3. The Morgan fingerprint density at radius 1 is 0.744 bits per heavy atom. The Labute approximate surface area is 225 Å². The first-order chi connectivity index (χ1) is 19.1. The van der Waals surface area contributed by atoms with Crippen LogP contribution >= 0.6 is 0 Å². The van der Waals surface area contributed by atoms with Crippen LogP contribution in [0.1, 0.15) is 11.1 Å². The monoisotopic (exact) mass is 513 g/mol. The van der Waals surface area contributed by atoms with E-state index in [4.69, 9.17) is 35.9 Å². The van der Waals surface area contributed by atoms with E-state index in [-0.39, 0.29) is 0 Å². The van der Waals surface area contributed by atoms with E-state index in [2.05, 4.69) is 22.6 Å². The molecule has 0 aliphatic carbocycles. The van der Waals surface area contributed by atoms with Gasteiger partial charge in [0.2, 0.25) is 5.95 Å². The van der Waals surface area contributed by atoms with Crippen LogP contribution in [0.25, 0.3) is 10.9 Å². The smallest absolute Gasteiger partial charge is 0.229 e. The topological polar surface area (TPSA) is 101 Å². The number of aromatic nitrogens is 2. The molecule has 0 fully saturated rings. The minimum Gasteiger partial charge on any atom is -0.493 e. The molecule has 0 bridgehead atoms. The van der Waals surface area contributed by atoms with Gasteiger partial charge in [0.05, 0.1) is 31.4 Å². The highest BCUT2D eigenvalue weighted by Crippen LogP contribution is 2.36. The lowest BCUT2D eigenvalue weighted by molar-refractivity contribution is 0.356. The first-order valence-corrected chi connectivity index (χ1v) is 11.9. The van der Waals surface area contributed by atoms with Crippen LogP contribution in [-0.4, -0.2) is 24.2 Å². The predicted octanol–water partition coefficient (Wildman–Crippen LogP) is 6.78. The number of fused-ring (bicyclic) bond motifs is 1. The second kappa shape index (κ2) is 11.1. The number of anilines is 4. The van der Waals surface area contributed by atoms with E-state index in [1.165, 1.54) is 0 Å². The third-order valence-corrected chi connectivity index (χ3v) is 5.82. The van der Waals surface area contributed by atoms with Gasteiger partial charge in [-0.3, -0.25) is 0 Å². The number of rotatable bonds is 8. The molecule has 0 saturated carbocycles. The van der Waals surface area contributed by atoms with Crippen molar-refractivity contribution >= 4 is 34.0 Å². The molecule has 190 valence electrons. The summed E-state index contributed by atoms with van der Waals surface area (Å²) in [5, 5.41) is 16.3. The number of benzene rings is 4. The standard InChI is InChI=1S/C31H23N5O3/c1-4-20-6-5-7-23(16-20)33-30-26-17-28(37-2)29(38-3)18-27(26)35-31(36-30)34-22-10-14-25(15-11-22)39-24-12-8-21(19-32)9-13-24/h1,5-18H,2-3H3,(H2,33,34,35,36). The molecule has 2 N–H and O–H groups in total. The summed E-state index contributed by atoms with van der Waals surface area (Å²) >= 11 is 0. The number of ether oxygens (including phenoxy) is 3. The Hall–Kier alpha value is -5.73. The van der Waals surface area contributed by atoms with Crippen LogP contribution in [0, 0.1) is 23.7 Å². The molecule has 0 aliphatic heterocycles. The van der Waals surface area contributed by atoms with E-state index < -0.39 is 0 Å². The first-order valence-electron chi connectivity index (χ1n) is 11.9. The Morgan fingerprint density at radius 3 is 2.10 bits per heavy atom. The van der Waals surface area contributed by atoms with Crippen molar-refractivity contribution in [3.05, 3.63) is 96.1 Å². The highest BCUT2D eigenvalue weighted by Gasteiger charge is 2.14. The van der Waals surface area contributed by atoms with Crippen molar-refractivity contribution in [1.29, 1.82) is 5.26 Å². The van der Waals surface area contributed by atoms with Crippen molar-refractivity contribution in [3.63, 3.8) is 0 Å². The third-order valence-electron chi connectivity index (χ3n) is 5.82. The molecule has 0 saturated heterocycles. The Bertz CT molecular complexity index is 1720. The average molecular weight is 514 g/mol. The summed E-state index contributed by atoms with van der Waals surface area (Å²) in [6.07, 6.45) is 5.58. The van der Waals surface area contributed by atoms with E-state index in [1.807, 2.05) is 54.6 Å². The van der Waals surface area contributed by atoms with Crippen molar-refractivity contribution in [3.8, 4) is 41.4 Å². The van der Waals surface area contributed by atoms with Gasteiger partial charge in [0.1, 0.15) is 17.3 Å². The minimum absolute atomic E-state index is 0.381. The van der Waals surface area contributed by atoms with Gasteiger partial charge in [-0.05, 0) is 72.8 Å². The van der Waals surface area contributed by atoms with Gasteiger partial charge in [-0.15, -0.1) is 6.42 Å². The number of nitrogens with one attached hydrogen (secondary N) is 2. The molecule has 5 rings (SSSR count). The average Bonchev–Trinajstić information content (AvgIpc) is 2.98. The fourth-order valence-corrected chi connectivity index (χ4v) is 3.90. The fourth-order valence-electron chi connectivity index (χ4n) is 3.90. The molecule has 0 amide bonds. The second-order valence-corrected chi connectivity index (χ2v) is 8.36.